The average molecular weight is 190 g/mol. The third-order valence-corrected chi connectivity index (χ3v) is 3.42. The second-order valence-electron chi connectivity index (χ2n) is 4.59. The van der Waals surface area contributed by atoms with Gasteiger partial charge in [-0.1, -0.05) is 18.2 Å². The molecular formula is C13H18O. The minimum Gasteiger partial charge on any atom is -0.393 e. The molecule has 1 aliphatic carbocycles. The molecule has 1 aromatic rings. The second-order valence-corrected chi connectivity index (χ2v) is 4.59. The highest BCUT2D eigenvalue weighted by Crippen LogP contribution is 2.49. The van der Waals surface area contributed by atoms with Crippen LogP contribution in [0.1, 0.15) is 36.0 Å². The monoisotopic (exact) mass is 190 g/mol. The number of hydrogen-bond donors (Lipinski definition) is 1. The summed E-state index contributed by atoms with van der Waals surface area (Å²) in [6.07, 6.45) is 1.00. The van der Waals surface area contributed by atoms with Crippen molar-refractivity contribution in [2.45, 2.75) is 39.2 Å². The van der Waals surface area contributed by atoms with Crippen LogP contribution in [0.25, 0.3) is 0 Å². The molecule has 0 radical (unpaired) electrons. The molecule has 0 heterocycles. The Balaban J connectivity index is 2.16. The Morgan fingerprint density at radius 2 is 2.00 bits per heavy atom. The first-order valence-corrected chi connectivity index (χ1v) is 5.35. The number of hydrogen-bond acceptors (Lipinski definition) is 1. The highest BCUT2D eigenvalue weighted by molar-refractivity contribution is 5.34. The van der Waals surface area contributed by atoms with Crippen molar-refractivity contribution in [3.63, 3.8) is 0 Å². The van der Waals surface area contributed by atoms with Gasteiger partial charge in [-0.15, -0.1) is 0 Å². The number of aliphatic hydroxyl groups is 1. The third kappa shape index (κ3) is 1.69. The molecule has 0 unspecified atom stereocenters. The summed E-state index contributed by atoms with van der Waals surface area (Å²) in [6.45, 7) is 6.18. The maximum atomic E-state index is 9.45. The van der Waals surface area contributed by atoms with Gasteiger partial charge in [-0.3, -0.25) is 0 Å². The fourth-order valence-electron chi connectivity index (χ4n) is 2.13. The molecule has 1 saturated carbocycles. The van der Waals surface area contributed by atoms with Gasteiger partial charge in [-0.2, -0.15) is 0 Å². The number of aryl methyl sites for hydroxylation is 2. The molecular weight excluding hydrogens is 172 g/mol. The standard InChI is InChI=1S/C13H18O/c1-8-4-5-11(6-9(8)2)13-7-12(13)10(3)14/h4-6,10,12-14H,7H2,1-3H3/t10-,12+,13+/m1/s1. The van der Waals surface area contributed by atoms with E-state index in [0.29, 0.717) is 11.8 Å². The molecule has 1 nitrogen and oxygen atoms in total. The normalized spacial score (nSPS) is 27.4. The first kappa shape index (κ1) is 9.72. The zero-order valence-electron chi connectivity index (χ0n) is 9.12. The molecule has 0 bridgehead atoms. The van der Waals surface area contributed by atoms with E-state index in [1.165, 1.54) is 16.7 Å². The fourth-order valence-corrected chi connectivity index (χ4v) is 2.13. The van der Waals surface area contributed by atoms with Gasteiger partial charge < -0.3 is 5.11 Å². The first-order chi connectivity index (χ1) is 6.59. The van der Waals surface area contributed by atoms with Crippen LogP contribution in [0.5, 0.6) is 0 Å². The Labute approximate surface area is 85.8 Å². The molecule has 0 amide bonds. The van der Waals surface area contributed by atoms with E-state index in [1.54, 1.807) is 0 Å². The van der Waals surface area contributed by atoms with Crippen LogP contribution >= 0.6 is 0 Å². The van der Waals surface area contributed by atoms with Gasteiger partial charge in [0, 0.05) is 0 Å². The van der Waals surface area contributed by atoms with Gasteiger partial charge in [0.2, 0.25) is 0 Å². The van der Waals surface area contributed by atoms with Crippen molar-refractivity contribution in [3.8, 4) is 0 Å². The third-order valence-electron chi connectivity index (χ3n) is 3.42. The van der Waals surface area contributed by atoms with Crippen molar-refractivity contribution in [3.05, 3.63) is 34.9 Å². The zero-order chi connectivity index (χ0) is 10.3. The van der Waals surface area contributed by atoms with Gasteiger partial charge in [0.25, 0.3) is 0 Å². The predicted octanol–water partition coefficient (Wildman–Crippen LogP) is 2.79. The Morgan fingerprint density at radius 1 is 1.29 bits per heavy atom. The molecule has 76 valence electrons. The van der Waals surface area contributed by atoms with Gasteiger partial charge in [0.1, 0.15) is 0 Å². The topological polar surface area (TPSA) is 20.2 Å². The molecule has 1 heteroatoms. The van der Waals surface area contributed by atoms with E-state index in [4.69, 9.17) is 0 Å². The lowest BCUT2D eigenvalue weighted by atomic mass is 10.0. The van der Waals surface area contributed by atoms with Gasteiger partial charge >= 0.3 is 0 Å². The molecule has 1 aromatic carbocycles. The molecule has 3 atom stereocenters. The summed E-state index contributed by atoms with van der Waals surface area (Å²) in [5.74, 6) is 1.10. The number of rotatable bonds is 2. The van der Waals surface area contributed by atoms with Crippen LogP contribution in [-0.4, -0.2) is 11.2 Å². The van der Waals surface area contributed by atoms with Crippen molar-refractivity contribution in [2.24, 2.45) is 5.92 Å². The molecule has 0 aromatic heterocycles. The van der Waals surface area contributed by atoms with Crippen molar-refractivity contribution >= 4 is 0 Å². The lowest BCUT2D eigenvalue weighted by Gasteiger charge is -2.06. The van der Waals surface area contributed by atoms with Crippen LogP contribution in [0.2, 0.25) is 0 Å². The molecule has 0 spiro atoms. The maximum absolute atomic E-state index is 9.45. The highest BCUT2D eigenvalue weighted by Gasteiger charge is 2.41. The lowest BCUT2D eigenvalue weighted by Crippen LogP contribution is -2.03. The molecule has 0 aliphatic heterocycles. The van der Waals surface area contributed by atoms with Gasteiger partial charge in [-0.05, 0) is 55.7 Å². The van der Waals surface area contributed by atoms with Crippen LogP contribution in [0.15, 0.2) is 18.2 Å². The maximum Gasteiger partial charge on any atom is 0.0546 e. The van der Waals surface area contributed by atoms with E-state index in [0.717, 1.165) is 6.42 Å². The summed E-state index contributed by atoms with van der Waals surface area (Å²) in [6, 6.07) is 6.65. The van der Waals surface area contributed by atoms with E-state index in [1.807, 2.05) is 6.92 Å². The average Bonchev–Trinajstić information content (AvgIpc) is 2.89. The SMILES string of the molecule is Cc1ccc([C@@H]2C[C@H]2[C@@H](C)O)cc1C. The Kier molecular flexibility index (Phi) is 2.36. The van der Waals surface area contributed by atoms with Crippen LogP contribution in [0.3, 0.4) is 0 Å². The van der Waals surface area contributed by atoms with Crippen LogP contribution in [0.4, 0.5) is 0 Å². The highest BCUT2D eigenvalue weighted by atomic mass is 16.3. The van der Waals surface area contributed by atoms with E-state index < -0.39 is 0 Å². The zero-order valence-corrected chi connectivity index (χ0v) is 9.12. The quantitative estimate of drug-likeness (QED) is 0.760. The van der Waals surface area contributed by atoms with Gasteiger partial charge in [0.15, 0.2) is 0 Å². The molecule has 1 aliphatic rings. The number of aliphatic hydroxyl groups excluding tert-OH is 1. The summed E-state index contributed by atoms with van der Waals surface area (Å²) in [5, 5.41) is 9.45. The fraction of sp³-hybridized carbons (Fsp3) is 0.538. The van der Waals surface area contributed by atoms with Crippen LogP contribution < -0.4 is 0 Å². The van der Waals surface area contributed by atoms with Crippen LogP contribution in [-0.2, 0) is 0 Å². The van der Waals surface area contributed by atoms with E-state index in [2.05, 4.69) is 32.0 Å². The van der Waals surface area contributed by atoms with Gasteiger partial charge in [-0.25, -0.2) is 0 Å². The summed E-state index contributed by atoms with van der Waals surface area (Å²) in [7, 11) is 0. The predicted molar refractivity (Wildman–Crippen MR) is 58.4 cm³/mol. The molecule has 1 N–H and O–H groups in total. The van der Waals surface area contributed by atoms with Crippen molar-refractivity contribution in [2.75, 3.05) is 0 Å². The lowest BCUT2D eigenvalue weighted by molar-refractivity contribution is 0.169. The first-order valence-electron chi connectivity index (χ1n) is 5.35. The summed E-state index contributed by atoms with van der Waals surface area (Å²) < 4.78 is 0. The van der Waals surface area contributed by atoms with E-state index >= 15 is 0 Å². The van der Waals surface area contributed by atoms with Crippen molar-refractivity contribution < 1.29 is 5.11 Å². The van der Waals surface area contributed by atoms with Gasteiger partial charge in [0.05, 0.1) is 6.10 Å². The number of benzene rings is 1. The van der Waals surface area contributed by atoms with E-state index in [-0.39, 0.29) is 6.10 Å². The Bertz CT molecular complexity index is 341. The van der Waals surface area contributed by atoms with Crippen LogP contribution in [0, 0.1) is 19.8 Å². The van der Waals surface area contributed by atoms with Crippen molar-refractivity contribution in [1.82, 2.24) is 0 Å². The van der Waals surface area contributed by atoms with Crippen molar-refractivity contribution in [1.29, 1.82) is 0 Å². The second kappa shape index (κ2) is 3.39. The minimum atomic E-state index is -0.151. The molecule has 2 rings (SSSR count). The smallest absolute Gasteiger partial charge is 0.0546 e. The largest absolute Gasteiger partial charge is 0.393 e. The molecule has 0 saturated heterocycles. The Hall–Kier alpha value is -0.820. The summed E-state index contributed by atoms with van der Waals surface area (Å²) in [5.41, 5.74) is 4.11. The summed E-state index contributed by atoms with van der Waals surface area (Å²) in [4.78, 5) is 0. The molecule has 14 heavy (non-hydrogen) atoms. The van der Waals surface area contributed by atoms with E-state index in [9.17, 15) is 5.11 Å². The minimum absolute atomic E-state index is 0.151. The summed E-state index contributed by atoms with van der Waals surface area (Å²) >= 11 is 0. The molecule has 1 fully saturated rings. The Morgan fingerprint density at radius 3 is 2.50 bits per heavy atom.